The van der Waals surface area contributed by atoms with Crippen LogP contribution in [0.3, 0.4) is 0 Å². The number of rotatable bonds is 4. The van der Waals surface area contributed by atoms with Crippen molar-refractivity contribution in [1.82, 2.24) is 4.90 Å². The van der Waals surface area contributed by atoms with Crippen molar-refractivity contribution in [2.75, 3.05) is 31.6 Å². The van der Waals surface area contributed by atoms with Crippen LogP contribution in [0.4, 0.5) is 5.69 Å². The fourth-order valence-electron chi connectivity index (χ4n) is 2.91. The summed E-state index contributed by atoms with van der Waals surface area (Å²) in [6.45, 7) is 7.46. The van der Waals surface area contributed by atoms with E-state index in [1.807, 2.05) is 0 Å². The van der Waals surface area contributed by atoms with Crippen molar-refractivity contribution >= 4 is 5.69 Å². The van der Waals surface area contributed by atoms with Gasteiger partial charge in [0, 0.05) is 30.9 Å². The second kappa shape index (κ2) is 6.40. The van der Waals surface area contributed by atoms with E-state index < -0.39 is 0 Å². The van der Waals surface area contributed by atoms with Crippen molar-refractivity contribution in [3.8, 4) is 0 Å². The molecule has 2 rings (SSSR count). The molecule has 1 aliphatic heterocycles. The van der Waals surface area contributed by atoms with Gasteiger partial charge in [-0.1, -0.05) is 19.1 Å². The molecule has 1 aromatic rings. The van der Waals surface area contributed by atoms with Crippen molar-refractivity contribution in [3.05, 3.63) is 29.8 Å². The minimum atomic E-state index is 0.569. The monoisotopic (exact) mass is 261 g/mol. The Balaban J connectivity index is 2.10. The lowest BCUT2D eigenvalue weighted by atomic mass is 10.0. The average Bonchev–Trinajstić information content (AvgIpc) is 2.44. The van der Waals surface area contributed by atoms with Crippen LogP contribution in [-0.2, 0) is 6.42 Å². The zero-order chi connectivity index (χ0) is 13.8. The van der Waals surface area contributed by atoms with Gasteiger partial charge in [-0.25, -0.2) is 0 Å². The van der Waals surface area contributed by atoms with Gasteiger partial charge < -0.3 is 10.6 Å². The molecule has 1 aromatic carbocycles. The molecule has 0 aromatic heterocycles. The van der Waals surface area contributed by atoms with Gasteiger partial charge in [0.1, 0.15) is 0 Å². The highest BCUT2D eigenvalue weighted by molar-refractivity contribution is 5.48. The second-order valence-electron chi connectivity index (χ2n) is 5.67. The Hall–Kier alpha value is -1.06. The highest BCUT2D eigenvalue weighted by Crippen LogP contribution is 2.23. The zero-order valence-electron chi connectivity index (χ0n) is 12.5. The molecule has 0 radical (unpaired) electrons. The highest BCUT2D eigenvalue weighted by Gasteiger charge is 2.28. The Morgan fingerprint density at radius 1 is 1.21 bits per heavy atom. The fourth-order valence-corrected chi connectivity index (χ4v) is 2.91. The van der Waals surface area contributed by atoms with Crippen molar-refractivity contribution in [2.45, 2.75) is 38.8 Å². The van der Waals surface area contributed by atoms with Gasteiger partial charge in [0.05, 0.1) is 0 Å². The second-order valence-corrected chi connectivity index (χ2v) is 5.67. The number of hydrogen-bond acceptors (Lipinski definition) is 3. The third-order valence-corrected chi connectivity index (χ3v) is 4.40. The summed E-state index contributed by atoms with van der Waals surface area (Å²) in [5.41, 5.74) is 8.50. The first-order valence-electron chi connectivity index (χ1n) is 7.41. The van der Waals surface area contributed by atoms with E-state index >= 15 is 0 Å². The van der Waals surface area contributed by atoms with E-state index in [9.17, 15) is 0 Å². The molecule has 1 heterocycles. The van der Waals surface area contributed by atoms with Gasteiger partial charge >= 0.3 is 0 Å². The number of benzene rings is 1. The number of nitrogens with zero attached hydrogens (tertiary/aromatic N) is 2. The Labute approximate surface area is 117 Å². The number of aryl methyl sites for hydroxylation is 1. The van der Waals surface area contributed by atoms with Crippen molar-refractivity contribution in [3.63, 3.8) is 0 Å². The van der Waals surface area contributed by atoms with Gasteiger partial charge in [-0.3, -0.25) is 4.90 Å². The summed E-state index contributed by atoms with van der Waals surface area (Å²) in [5.74, 6) is 0. The maximum Gasteiger partial charge on any atom is 0.0367 e. The molecular weight excluding hydrogens is 234 g/mol. The van der Waals surface area contributed by atoms with Crippen LogP contribution >= 0.6 is 0 Å². The van der Waals surface area contributed by atoms with E-state index in [0.717, 1.165) is 32.5 Å². The minimum Gasteiger partial charge on any atom is -0.368 e. The standard InChI is InChI=1S/C16H27N3/c1-4-14-5-7-15(8-6-14)19-11-13(2)18(3)16(12-19)9-10-17/h5-8,13,16H,4,9-12,17H2,1-3H3. The van der Waals surface area contributed by atoms with Crippen molar-refractivity contribution in [2.24, 2.45) is 5.73 Å². The Morgan fingerprint density at radius 2 is 1.89 bits per heavy atom. The fraction of sp³-hybridized carbons (Fsp3) is 0.625. The Morgan fingerprint density at radius 3 is 2.47 bits per heavy atom. The van der Waals surface area contributed by atoms with Gasteiger partial charge in [-0.2, -0.15) is 0 Å². The lowest BCUT2D eigenvalue weighted by molar-refractivity contribution is 0.152. The quantitative estimate of drug-likeness (QED) is 0.901. The topological polar surface area (TPSA) is 32.5 Å². The number of piperazine rings is 1. The Bertz CT molecular complexity index is 387. The third kappa shape index (κ3) is 3.28. The molecule has 2 N–H and O–H groups in total. The molecule has 106 valence electrons. The smallest absolute Gasteiger partial charge is 0.0367 e. The summed E-state index contributed by atoms with van der Waals surface area (Å²) >= 11 is 0. The number of nitrogens with two attached hydrogens (primary N) is 1. The van der Waals surface area contributed by atoms with Crippen LogP contribution in [0.1, 0.15) is 25.8 Å². The van der Waals surface area contributed by atoms with E-state index in [2.05, 4.69) is 55.0 Å². The SMILES string of the molecule is CCc1ccc(N2CC(C)N(C)C(CCN)C2)cc1. The lowest BCUT2D eigenvalue weighted by Crippen LogP contribution is -2.56. The lowest BCUT2D eigenvalue weighted by Gasteiger charge is -2.45. The summed E-state index contributed by atoms with van der Waals surface area (Å²) < 4.78 is 0. The molecule has 19 heavy (non-hydrogen) atoms. The van der Waals surface area contributed by atoms with Gasteiger partial charge in [0.2, 0.25) is 0 Å². The van der Waals surface area contributed by atoms with Crippen molar-refractivity contribution in [1.29, 1.82) is 0 Å². The molecule has 3 heteroatoms. The predicted octanol–water partition coefficient (Wildman–Crippen LogP) is 2.11. The summed E-state index contributed by atoms with van der Waals surface area (Å²) in [6.07, 6.45) is 2.18. The van der Waals surface area contributed by atoms with Crippen LogP contribution in [0.5, 0.6) is 0 Å². The van der Waals surface area contributed by atoms with Gasteiger partial charge in [-0.15, -0.1) is 0 Å². The highest BCUT2D eigenvalue weighted by atomic mass is 15.3. The summed E-state index contributed by atoms with van der Waals surface area (Å²) in [6, 6.07) is 10.2. The number of anilines is 1. The molecule has 0 spiro atoms. The normalized spacial score (nSPS) is 24.7. The maximum absolute atomic E-state index is 5.74. The number of hydrogen-bond donors (Lipinski definition) is 1. The summed E-state index contributed by atoms with van der Waals surface area (Å²) in [4.78, 5) is 4.98. The van der Waals surface area contributed by atoms with Crippen LogP contribution in [0.15, 0.2) is 24.3 Å². The van der Waals surface area contributed by atoms with Crippen LogP contribution < -0.4 is 10.6 Å². The molecule has 2 unspecified atom stereocenters. The molecule has 3 nitrogen and oxygen atoms in total. The van der Waals surface area contributed by atoms with Crippen LogP contribution in [0.25, 0.3) is 0 Å². The van der Waals surface area contributed by atoms with Crippen LogP contribution in [0, 0.1) is 0 Å². The molecule has 2 atom stereocenters. The van der Waals surface area contributed by atoms with Gasteiger partial charge in [-0.05, 0) is 51.1 Å². The van der Waals surface area contributed by atoms with Crippen molar-refractivity contribution < 1.29 is 0 Å². The van der Waals surface area contributed by atoms with Gasteiger partial charge in [0.25, 0.3) is 0 Å². The molecule has 1 aliphatic rings. The molecule has 0 bridgehead atoms. The molecule has 0 saturated carbocycles. The number of likely N-dealkylation sites (N-methyl/N-ethyl adjacent to an activating group) is 1. The largest absolute Gasteiger partial charge is 0.368 e. The summed E-state index contributed by atoms with van der Waals surface area (Å²) in [5, 5.41) is 0. The van der Waals surface area contributed by atoms with Crippen LogP contribution in [0.2, 0.25) is 0 Å². The maximum atomic E-state index is 5.74. The minimum absolute atomic E-state index is 0.569. The first kappa shape index (κ1) is 14.4. The molecule has 0 amide bonds. The van der Waals surface area contributed by atoms with E-state index in [1.165, 1.54) is 11.3 Å². The Kier molecular flexibility index (Phi) is 4.83. The molecule has 0 aliphatic carbocycles. The van der Waals surface area contributed by atoms with Gasteiger partial charge in [0.15, 0.2) is 0 Å². The van der Waals surface area contributed by atoms with E-state index in [0.29, 0.717) is 12.1 Å². The van der Waals surface area contributed by atoms with E-state index in [4.69, 9.17) is 5.73 Å². The molecule has 1 fully saturated rings. The zero-order valence-corrected chi connectivity index (χ0v) is 12.5. The van der Waals surface area contributed by atoms with Crippen LogP contribution in [-0.4, -0.2) is 43.7 Å². The summed E-state index contributed by atoms with van der Waals surface area (Å²) in [7, 11) is 2.22. The van der Waals surface area contributed by atoms with E-state index in [-0.39, 0.29) is 0 Å². The predicted molar refractivity (Wildman–Crippen MR) is 82.7 cm³/mol. The first-order chi connectivity index (χ1) is 9.15. The third-order valence-electron chi connectivity index (χ3n) is 4.40. The average molecular weight is 261 g/mol. The molecular formula is C16H27N3. The first-order valence-corrected chi connectivity index (χ1v) is 7.41. The molecule has 1 saturated heterocycles. The van der Waals surface area contributed by atoms with E-state index in [1.54, 1.807) is 0 Å².